The van der Waals surface area contributed by atoms with Gasteiger partial charge in [-0.05, 0) is 26.1 Å². The number of aromatic nitrogens is 2. The molecule has 19 heavy (non-hydrogen) atoms. The van der Waals surface area contributed by atoms with Gasteiger partial charge in [0.25, 0.3) is 0 Å². The van der Waals surface area contributed by atoms with Crippen LogP contribution in [0.1, 0.15) is 11.3 Å². The molecule has 2 rings (SSSR count). The van der Waals surface area contributed by atoms with Crippen molar-refractivity contribution in [3.8, 4) is 11.6 Å². The van der Waals surface area contributed by atoms with E-state index < -0.39 is 0 Å². The van der Waals surface area contributed by atoms with E-state index in [2.05, 4.69) is 26.3 Å². The molecule has 102 valence electrons. The molecular formula is C13H15BrFN3O. The van der Waals surface area contributed by atoms with E-state index in [1.165, 1.54) is 12.1 Å². The molecule has 0 unspecified atom stereocenters. The van der Waals surface area contributed by atoms with Crippen molar-refractivity contribution in [3.63, 3.8) is 0 Å². The van der Waals surface area contributed by atoms with Gasteiger partial charge in [0.2, 0.25) is 5.88 Å². The summed E-state index contributed by atoms with van der Waals surface area (Å²) >= 11 is 3.24. The third kappa shape index (κ3) is 3.13. The lowest BCUT2D eigenvalue weighted by molar-refractivity contribution is 0.421. The topological polar surface area (TPSA) is 39.1 Å². The minimum absolute atomic E-state index is 0.349. The van der Waals surface area contributed by atoms with Gasteiger partial charge < -0.3 is 10.1 Å². The lowest BCUT2D eigenvalue weighted by atomic mass is 10.2. The van der Waals surface area contributed by atoms with Crippen molar-refractivity contribution in [1.29, 1.82) is 0 Å². The second-order valence-electron chi connectivity index (χ2n) is 4.23. The summed E-state index contributed by atoms with van der Waals surface area (Å²) in [6.45, 7) is 2.56. The van der Waals surface area contributed by atoms with Gasteiger partial charge in [0.15, 0.2) is 0 Å². The Balaban J connectivity index is 2.37. The van der Waals surface area contributed by atoms with E-state index in [0.717, 1.165) is 11.3 Å². The van der Waals surface area contributed by atoms with E-state index >= 15 is 0 Å². The summed E-state index contributed by atoms with van der Waals surface area (Å²) in [5, 5.41) is 7.39. The SMILES string of the molecule is CNCc1c(C)nn(C)c1Oc1cc(F)cc(Br)c1. The molecule has 0 aliphatic heterocycles. The molecule has 0 atom stereocenters. The highest BCUT2D eigenvalue weighted by Gasteiger charge is 2.15. The third-order valence-corrected chi connectivity index (χ3v) is 3.15. The molecule has 0 saturated heterocycles. The quantitative estimate of drug-likeness (QED) is 0.937. The van der Waals surface area contributed by atoms with Crippen molar-refractivity contribution in [3.05, 3.63) is 39.7 Å². The fourth-order valence-corrected chi connectivity index (χ4v) is 2.33. The first-order valence-electron chi connectivity index (χ1n) is 5.82. The Morgan fingerprint density at radius 1 is 1.42 bits per heavy atom. The van der Waals surface area contributed by atoms with Gasteiger partial charge in [-0.2, -0.15) is 5.10 Å². The van der Waals surface area contributed by atoms with Crippen LogP contribution in [0, 0.1) is 12.7 Å². The van der Waals surface area contributed by atoms with Gasteiger partial charge in [0.1, 0.15) is 11.6 Å². The molecule has 0 aliphatic carbocycles. The number of aryl methyl sites for hydroxylation is 2. The summed E-state index contributed by atoms with van der Waals surface area (Å²) in [7, 11) is 3.66. The molecule has 2 aromatic rings. The van der Waals surface area contributed by atoms with Crippen molar-refractivity contribution in [2.75, 3.05) is 7.05 Å². The Morgan fingerprint density at radius 3 is 2.79 bits per heavy atom. The van der Waals surface area contributed by atoms with Crippen LogP contribution in [0.5, 0.6) is 11.6 Å². The highest BCUT2D eigenvalue weighted by atomic mass is 79.9. The largest absolute Gasteiger partial charge is 0.439 e. The molecule has 0 spiro atoms. The molecule has 1 aromatic carbocycles. The molecular weight excluding hydrogens is 313 g/mol. The van der Waals surface area contributed by atoms with E-state index in [1.54, 1.807) is 17.8 Å². The van der Waals surface area contributed by atoms with E-state index in [0.29, 0.717) is 22.6 Å². The Hall–Kier alpha value is -1.40. The van der Waals surface area contributed by atoms with E-state index in [-0.39, 0.29) is 5.82 Å². The molecule has 1 N–H and O–H groups in total. The van der Waals surface area contributed by atoms with Gasteiger partial charge in [-0.3, -0.25) is 0 Å². The summed E-state index contributed by atoms with van der Waals surface area (Å²) in [5.74, 6) is 0.704. The second-order valence-corrected chi connectivity index (χ2v) is 5.15. The van der Waals surface area contributed by atoms with Crippen molar-refractivity contribution in [2.24, 2.45) is 7.05 Å². The summed E-state index contributed by atoms with van der Waals surface area (Å²) in [4.78, 5) is 0. The number of rotatable bonds is 4. The third-order valence-electron chi connectivity index (χ3n) is 2.69. The van der Waals surface area contributed by atoms with Crippen molar-refractivity contribution in [1.82, 2.24) is 15.1 Å². The number of hydrogen-bond acceptors (Lipinski definition) is 3. The molecule has 0 aliphatic rings. The minimum atomic E-state index is -0.349. The fourth-order valence-electron chi connectivity index (χ4n) is 1.89. The molecule has 0 amide bonds. The normalized spacial score (nSPS) is 10.8. The predicted molar refractivity (Wildman–Crippen MR) is 74.9 cm³/mol. The highest BCUT2D eigenvalue weighted by molar-refractivity contribution is 9.10. The maximum Gasteiger partial charge on any atom is 0.222 e. The molecule has 1 aromatic heterocycles. The van der Waals surface area contributed by atoms with Crippen molar-refractivity contribution < 1.29 is 9.13 Å². The Bertz CT molecular complexity index is 578. The predicted octanol–water partition coefficient (Wildman–Crippen LogP) is 3.14. The summed E-state index contributed by atoms with van der Waals surface area (Å²) in [6, 6.07) is 4.45. The molecule has 0 fully saturated rings. The standard InChI is InChI=1S/C13H15BrFN3O/c1-8-12(7-16-2)13(18(3)17-8)19-11-5-9(14)4-10(15)6-11/h4-6,16H,7H2,1-3H3. The minimum Gasteiger partial charge on any atom is -0.439 e. The summed E-state index contributed by atoms with van der Waals surface area (Å²) < 4.78 is 21.4. The fraction of sp³-hybridized carbons (Fsp3) is 0.308. The lowest BCUT2D eigenvalue weighted by Crippen LogP contribution is -2.07. The molecule has 0 radical (unpaired) electrons. The van der Waals surface area contributed by atoms with Crippen molar-refractivity contribution >= 4 is 15.9 Å². The first-order valence-corrected chi connectivity index (χ1v) is 6.61. The summed E-state index contributed by atoms with van der Waals surface area (Å²) in [5.41, 5.74) is 1.85. The highest BCUT2D eigenvalue weighted by Crippen LogP contribution is 2.29. The van der Waals surface area contributed by atoms with Crippen LogP contribution in [0.15, 0.2) is 22.7 Å². The van der Waals surface area contributed by atoms with Crippen LogP contribution in [0.2, 0.25) is 0 Å². The molecule has 6 heteroatoms. The Morgan fingerprint density at radius 2 is 2.16 bits per heavy atom. The van der Waals surface area contributed by atoms with Crippen LogP contribution in [0.4, 0.5) is 4.39 Å². The van der Waals surface area contributed by atoms with E-state index in [9.17, 15) is 4.39 Å². The Labute approximate surface area is 119 Å². The first kappa shape index (κ1) is 14.0. The average Bonchev–Trinajstić information content (AvgIpc) is 2.55. The molecule has 0 saturated carbocycles. The number of benzene rings is 1. The maximum absolute atomic E-state index is 13.3. The van der Waals surface area contributed by atoms with E-state index in [1.807, 2.05) is 14.0 Å². The lowest BCUT2D eigenvalue weighted by Gasteiger charge is -2.09. The van der Waals surface area contributed by atoms with E-state index in [4.69, 9.17) is 4.74 Å². The van der Waals surface area contributed by atoms with Gasteiger partial charge in [-0.25, -0.2) is 9.07 Å². The second kappa shape index (κ2) is 5.71. The van der Waals surface area contributed by atoms with Crippen LogP contribution in [0.25, 0.3) is 0 Å². The van der Waals surface area contributed by atoms with Crippen LogP contribution in [-0.4, -0.2) is 16.8 Å². The Kier molecular flexibility index (Phi) is 4.21. The molecule has 0 bridgehead atoms. The van der Waals surface area contributed by atoms with Crippen LogP contribution in [0.3, 0.4) is 0 Å². The van der Waals surface area contributed by atoms with Crippen LogP contribution >= 0.6 is 15.9 Å². The van der Waals surface area contributed by atoms with Gasteiger partial charge in [0, 0.05) is 24.1 Å². The smallest absolute Gasteiger partial charge is 0.222 e. The zero-order valence-electron chi connectivity index (χ0n) is 11.0. The molecule has 4 nitrogen and oxygen atoms in total. The van der Waals surface area contributed by atoms with Crippen LogP contribution < -0.4 is 10.1 Å². The molecule has 1 heterocycles. The average molecular weight is 328 g/mol. The number of hydrogen-bond donors (Lipinski definition) is 1. The van der Waals surface area contributed by atoms with Gasteiger partial charge in [0.05, 0.1) is 11.3 Å². The zero-order valence-corrected chi connectivity index (χ0v) is 12.6. The number of halogens is 2. The number of nitrogens with zero attached hydrogens (tertiary/aromatic N) is 2. The first-order chi connectivity index (χ1) is 9.01. The maximum atomic E-state index is 13.3. The van der Waals surface area contributed by atoms with Gasteiger partial charge in [-0.1, -0.05) is 15.9 Å². The number of nitrogens with one attached hydrogen (secondary N) is 1. The monoisotopic (exact) mass is 327 g/mol. The van der Waals surface area contributed by atoms with Crippen molar-refractivity contribution in [2.45, 2.75) is 13.5 Å². The van der Waals surface area contributed by atoms with Gasteiger partial charge in [-0.15, -0.1) is 0 Å². The number of ether oxygens (including phenoxy) is 1. The zero-order chi connectivity index (χ0) is 14.0. The summed E-state index contributed by atoms with van der Waals surface area (Å²) in [6.07, 6.45) is 0. The van der Waals surface area contributed by atoms with Gasteiger partial charge >= 0.3 is 0 Å². The van der Waals surface area contributed by atoms with Crippen LogP contribution in [-0.2, 0) is 13.6 Å².